The van der Waals surface area contributed by atoms with E-state index in [1.807, 2.05) is 0 Å². The Bertz CT molecular complexity index is 1180. The van der Waals surface area contributed by atoms with Crippen LogP contribution in [0.15, 0.2) is 41.6 Å². The second-order valence-electron chi connectivity index (χ2n) is 10.5. The Morgan fingerprint density at radius 3 is 2.00 bits per heavy atom. The largest absolute Gasteiger partial charge is 0.337 e. The fraction of sp³-hybridized carbons (Fsp3) is 0.593. The molecule has 1 saturated carbocycles. The van der Waals surface area contributed by atoms with Crippen molar-refractivity contribution in [1.82, 2.24) is 9.97 Å². The van der Waals surface area contributed by atoms with Gasteiger partial charge in [0, 0.05) is 24.6 Å². The van der Waals surface area contributed by atoms with E-state index >= 15 is 0 Å². The van der Waals surface area contributed by atoms with Crippen LogP contribution < -0.4 is 0 Å². The fourth-order valence-electron chi connectivity index (χ4n) is 4.78. The molecule has 204 valence electrons. The number of sulfone groups is 1. The number of hydrogen-bond acceptors (Lipinski definition) is 8. The number of aromatic nitrogens is 2. The van der Waals surface area contributed by atoms with Crippen LogP contribution in [0.5, 0.6) is 0 Å². The zero-order chi connectivity index (χ0) is 27.2. The third kappa shape index (κ3) is 9.10. The number of ketones is 1. The summed E-state index contributed by atoms with van der Waals surface area (Å²) < 4.78 is 48.1. The highest BCUT2D eigenvalue weighted by atomic mass is 32.2. The molecule has 1 fully saturated rings. The summed E-state index contributed by atoms with van der Waals surface area (Å²) in [6.45, 7) is 7.20. The van der Waals surface area contributed by atoms with Crippen LogP contribution in [0, 0.1) is 5.92 Å². The van der Waals surface area contributed by atoms with Gasteiger partial charge in [-0.3, -0.25) is 19.3 Å². The van der Waals surface area contributed by atoms with E-state index in [0.717, 1.165) is 24.8 Å². The lowest BCUT2D eigenvalue weighted by Gasteiger charge is -2.22. The summed E-state index contributed by atoms with van der Waals surface area (Å²) in [5.41, 5.74) is 1.83. The number of rotatable bonds is 13. The Hall–Kier alpha value is -1.93. The molecular weight excluding hydrogens is 511 g/mol. The van der Waals surface area contributed by atoms with Crippen molar-refractivity contribution < 1.29 is 26.8 Å². The normalized spacial score (nSPS) is 16.0. The first-order valence-corrected chi connectivity index (χ1v) is 16.5. The third-order valence-electron chi connectivity index (χ3n) is 6.36. The molecule has 0 N–H and O–H groups in total. The Kier molecular flexibility index (Phi) is 10.2. The molecule has 1 aromatic carbocycles. The lowest BCUT2D eigenvalue weighted by Crippen LogP contribution is -2.19. The van der Waals surface area contributed by atoms with E-state index in [9.17, 15) is 17.8 Å². The highest BCUT2D eigenvalue weighted by molar-refractivity contribution is 7.90. The summed E-state index contributed by atoms with van der Waals surface area (Å²) in [5.74, 6) is 0.170. The van der Waals surface area contributed by atoms with E-state index in [0.29, 0.717) is 17.3 Å². The highest BCUT2D eigenvalue weighted by Gasteiger charge is 2.30. The van der Waals surface area contributed by atoms with Crippen molar-refractivity contribution in [3.8, 4) is 0 Å². The molecule has 0 unspecified atom stereocenters. The summed E-state index contributed by atoms with van der Waals surface area (Å²) in [6.07, 6.45) is 9.13. The molecule has 8 nitrogen and oxygen atoms in total. The van der Waals surface area contributed by atoms with E-state index in [1.54, 1.807) is 58.2 Å². The summed E-state index contributed by atoms with van der Waals surface area (Å²) in [7, 11) is -6.71. The first kappa shape index (κ1) is 29.6. The van der Waals surface area contributed by atoms with Crippen molar-refractivity contribution in [1.29, 1.82) is 0 Å². The number of nitrogens with zero attached hydrogens (tertiary/aromatic N) is 2. The van der Waals surface area contributed by atoms with Crippen molar-refractivity contribution in [2.24, 2.45) is 5.92 Å². The molecule has 0 saturated heterocycles. The van der Waals surface area contributed by atoms with Gasteiger partial charge in [-0.15, -0.1) is 0 Å². The molecule has 1 aliphatic rings. The number of carbonyl (C=O) groups excluding carboxylic acids is 1. The van der Waals surface area contributed by atoms with Crippen LogP contribution in [0.3, 0.4) is 0 Å². The van der Waals surface area contributed by atoms with E-state index in [4.69, 9.17) is 9.05 Å². The molecule has 1 atom stereocenters. The first-order valence-electron chi connectivity index (χ1n) is 12.9. The van der Waals surface area contributed by atoms with Crippen molar-refractivity contribution in [3.63, 3.8) is 0 Å². The Morgan fingerprint density at radius 2 is 1.51 bits per heavy atom. The minimum absolute atomic E-state index is 0.00156. The summed E-state index contributed by atoms with van der Waals surface area (Å²) >= 11 is 0. The molecule has 0 aliphatic heterocycles. The molecule has 1 heterocycles. The van der Waals surface area contributed by atoms with Crippen molar-refractivity contribution in [2.45, 2.75) is 95.4 Å². The molecule has 0 radical (unpaired) electrons. The average molecular weight is 551 g/mol. The van der Waals surface area contributed by atoms with E-state index in [1.165, 1.54) is 25.3 Å². The Labute approximate surface area is 221 Å². The van der Waals surface area contributed by atoms with Crippen LogP contribution in [-0.2, 0) is 40.8 Å². The molecule has 0 bridgehead atoms. The fourth-order valence-corrected chi connectivity index (χ4v) is 7.45. The van der Waals surface area contributed by atoms with Gasteiger partial charge in [0.2, 0.25) is 0 Å². The highest BCUT2D eigenvalue weighted by Crippen LogP contribution is 2.53. The lowest BCUT2D eigenvalue weighted by molar-refractivity contribution is -0.120. The topological polar surface area (TPSA) is 113 Å². The Morgan fingerprint density at radius 1 is 0.973 bits per heavy atom. The van der Waals surface area contributed by atoms with E-state index in [-0.39, 0.29) is 41.4 Å². The minimum atomic E-state index is -3.40. The summed E-state index contributed by atoms with van der Waals surface area (Å²) in [4.78, 5) is 22.5. The summed E-state index contributed by atoms with van der Waals surface area (Å²) in [6, 6.07) is 6.66. The van der Waals surface area contributed by atoms with Crippen molar-refractivity contribution >= 4 is 23.2 Å². The molecule has 0 spiro atoms. The zero-order valence-electron chi connectivity index (χ0n) is 22.4. The van der Waals surface area contributed by atoms with Gasteiger partial charge in [-0.2, -0.15) is 0 Å². The van der Waals surface area contributed by atoms with Gasteiger partial charge in [-0.25, -0.2) is 8.42 Å². The molecule has 1 aromatic heterocycles. The summed E-state index contributed by atoms with van der Waals surface area (Å²) in [5, 5.41) is 0. The van der Waals surface area contributed by atoms with Gasteiger partial charge >= 0.3 is 7.60 Å². The quantitative estimate of drug-likeness (QED) is 0.283. The molecule has 0 amide bonds. The molecule has 10 heteroatoms. The maximum absolute atomic E-state index is 13.5. The predicted molar refractivity (Wildman–Crippen MR) is 143 cm³/mol. The molecule has 2 aromatic rings. The Balaban J connectivity index is 1.75. The van der Waals surface area contributed by atoms with E-state index in [2.05, 4.69) is 9.97 Å². The van der Waals surface area contributed by atoms with E-state index < -0.39 is 17.4 Å². The van der Waals surface area contributed by atoms with Crippen LogP contribution in [0.4, 0.5) is 0 Å². The third-order valence-corrected chi connectivity index (χ3v) is 9.68. The van der Waals surface area contributed by atoms with Crippen LogP contribution in [-0.4, -0.2) is 42.6 Å². The predicted octanol–water partition coefficient (Wildman–Crippen LogP) is 5.90. The molecule has 37 heavy (non-hydrogen) atoms. The van der Waals surface area contributed by atoms with Gasteiger partial charge in [-0.1, -0.05) is 37.8 Å². The molecular formula is C27H39N2O6PS. The maximum atomic E-state index is 13.5. The van der Waals surface area contributed by atoms with Crippen LogP contribution in [0.2, 0.25) is 0 Å². The number of hydrogen-bond donors (Lipinski definition) is 0. The molecule has 1 aliphatic carbocycles. The average Bonchev–Trinajstić information content (AvgIpc) is 3.30. The van der Waals surface area contributed by atoms with Gasteiger partial charge in [0.1, 0.15) is 5.78 Å². The maximum Gasteiger partial charge on any atom is 0.337 e. The second kappa shape index (κ2) is 12.7. The number of benzene rings is 1. The number of Topliss-reactive ketones (excluding diaryl/α,β-unsaturated/α-hetero) is 1. The first-order chi connectivity index (χ1) is 17.3. The molecule has 3 rings (SSSR count). The zero-order valence-corrected chi connectivity index (χ0v) is 24.1. The minimum Gasteiger partial charge on any atom is -0.306 e. The van der Waals surface area contributed by atoms with Gasteiger partial charge in [-0.05, 0) is 57.7 Å². The van der Waals surface area contributed by atoms with Crippen LogP contribution in [0.25, 0.3) is 0 Å². The van der Waals surface area contributed by atoms with Gasteiger partial charge in [0.05, 0.1) is 41.1 Å². The lowest BCUT2D eigenvalue weighted by atomic mass is 9.83. The monoisotopic (exact) mass is 550 g/mol. The second-order valence-corrected chi connectivity index (χ2v) is 14.5. The van der Waals surface area contributed by atoms with Gasteiger partial charge in [0.25, 0.3) is 0 Å². The van der Waals surface area contributed by atoms with Gasteiger partial charge in [0.15, 0.2) is 9.84 Å². The van der Waals surface area contributed by atoms with Crippen LogP contribution in [0.1, 0.15) is 82.7 Å². The SMILES string of the molecule is CC(C)OP(=O)(Cc1cnc(CC(=O)[C@H](CC2CCCC2)c2ccc(S(C)(=O)=O)cc2)cn1)OC(C)C. The van der Waals surface area contributed by atoms with Gasteiger partial charge < -0.3 is 9.05 Å². The van der Waals surface area contributed by atoms with Crippen LogP contribution >= 0.6 is 7.60 Å². The smallest absolute Gasteiger partial charge is 0.306 e. The van der Waals surface area contributed by atoms with Crippen molar-refractivity contribution in [3.05, 3.63) is 53.6 Å². The van der Waals surface area contributed by atoms with Crippen molar-refractivity contribution in [2.75, 3.05) is 6.26 Å². The number of carbonyl (C=O) groups is 1. The standard InChI is InChI=1S/C27H39N2O6PS/c1-19(2)34-36(31,35-20(3)4)18-24-17-28-23(16-29-24)15-27(30)26(14-21-8-6-7-9-21)22-10-12-25(13-11-22)37(5,32)33/h10-13,16-17,19-21,26H,6-9,14-15,18H2,1-5H3/t26-/m1/s1.